The fourth-order valence-electron chi connectivity index (χ4n) is 18.2. The second-order valence-corrected chi connectivity index (χ2v) is 49.3. The van der Waals surface area contributed by atoms with Crippen molar-refractivity contribution in [3.63, 3.8) is 0 Å². The molecule has 4 atom stereocenters. The van der Waals surface area contributed by atoms with Crippen molar-refractivity contribution < 1.29 is 7.72 Å². The second kappa shape index (κ2) is 0.630. The Morgan fingerprint density at radius 2 is 1.11 bits per heavy atom. The van der Waals surface area contributed by atoms with Gasteiger partial charge in [0.05, 0.1) is 0 Å². The van der Waals surface area contributed by atoms with E-state index in [4.69, 9.17) is 0 Å². The van der Waals surface area contributed by atoms with Gasteiger partial charge in [0.15, 0.2) is 0 Å². The van der Waals surface area contributed by atoms with Gasteiger partial charge in [0.2, 0.25) is 0 Å². The van der Waals surface area contributed by atoms with Crippen molar-refractivity contribution in [2.24, 2.45) is 0 Å². The van der Waals surface area contributed by atoms with Crippen molar-refractivity contribution in [3.05, 3.63) is 0 Å². The molecule has 100 valence electrons. The van der Waals surface area contributed by atoms with E-state index < -0.39 is 7.72 Å². The molecular weight excluding hydrogens is 307 g/mol. The monoisotopic (exact) mass is 331 g/mol. The first-order valence-electron chi connectivity index (χ1n) is 8.31. The third kappa shape index (κ3) is 0.0778. The topological polar surface area (TPSA) is 3.24 Å². The fraction of sp³-hybridized carbons (Fsp3) is 1.00. The van der Waals surface area contributed by atoms with Crippen molar-refractivity contribution in [1.29, 1.82) is 0 Å². The Morgan fingerprint density at radius 3 is 1.28 bits per heavy atom. The van der Waals surface area contributed by atoms with Gasteiger partial charge in [0.25, 0.3) is 0 Å². The summed E-state index contributed by atoms with van der Waals surface area (Å²) in [5.74, 6) is 0. The van der Waals surface area contributed by atoms with Crippen molar-refractivity contribution in [1.82, 2.24) is 4.90 Å². The van der Waals surface area contributed by atoms with Crippen LogP contribution in [0.3, 0.4) is 0 Å². The quantitative estimate of drug-likeness (QED) is 0.693. The molecule has 0 aromatic rings. The van der Waals surface area contributed by atoms with Crippen LogP contribution in [-0.4, -0.2) is 21.1 Å². The number of hydrogen-bond acceptors (Lipinski definition) is 1. The van der Waals surface area contributed by atoms with Crippen LogP contribution in [0.5, 0.6) is 0 Å². The molecule has 0 N–H and O–H groups in total. The van der Waals surface area contributed by atoms with Gasteiger partial charge in [0, 0.05) is 0 Å². The molecule has 18 heavy (non-hydrogen) atoms. The zero-order valence-corrected chi connectivity index (χ0v) is 13.4. The molecule has 10 fully saturated rings. The van der Waals surface area contributed by atoms with E-state index in [1.807, 2.05) is 0 Å². The zero-order valence-electron chi connectivity index (χ0n) is 11.7. The molecule has 1 spiro atoms. The Bertz CT molecular complexity index is 884. The number of nitrogens with zero attached hydrogens (tertiary/aromatic N) is 1. The fourth-order valence-corrected chi connectivity index (χ4v) is 151. The van der Waals surface area contributed by atoms with E-state index in [9.17, 15) is 0 Å². The van der Waals surface area contributed by atoms with E-state index in [2.05, 4.69) is 32.6 Å². The number of rotatable bonds is 3. The van der Waals surface area contributed by atoms with Crippen LogP contribution in [0.2, 0.25) is 40.6 Å². The molecule has 0 aromatic heterocycles. The first kappa shape index (κ1) is 7.55. The Balaban J connectivity index is 1.53. The zero-order chi connectivity index (χ0) is 11.7. The SMILES string of the molecule is CC(C)N(C(C)C)[C]12[CH]3[CH]4[CH]5[CH]1[Ru]45321678[CH]2[CH]1[CH]6[CH]7[CH]28. The van der Waals surface area contributed by atoms with E-state index in [0.717, 1.165) is 16.2 Å². The van der Waals surface area contributed by atoms with Crippen molar-refractivity contribution in [2.75, 3.05) is 0 Å². The first-order chi connectivity index (χ1) is 8.31. The molecule has 10 aliphatic heterocycles. The summed E-state index contributed by atoms with van der Waals surface area (Å²) in [6, 6.07) is 1.66. The molecule has 4 unspecified atom stereocenters. The molecule has 0 amide bonds. The van der Waals surface area contributed by atoms with Crippen LogP contribution in [0.1, 0.15) is 27.7 Å². The molecule has 0 bridgehead atoms. The minimum atomic E-state index is -3.13. The number of hydrogen-bond donors (Lipinski definition) is 0. The van der Waals surface area contributed by atoms with E-state index in [1.165, 1.54) is 40.6 Å². The van der Waals surface area contributed by atoms with Gasteiger partial charge >= 0.3 is 97.1 Å². The summed E-state index contributed by atoms with van der Waals surface area (Å²) in [5, 5.41) is 0. The summed E-state index contributed by atoms with van der Waals surface area (Å²) in [7, 11) is -3.13. The van der Waals surface area contributed by atoms with Crippen molar-refractivity contribution in [3.8, 4) is 0 Å². The van der Waals surface area contributed by atoms with Crippen LogP contribution < -0.4 is 0 Å². The second-order valence-electron chi connectivity index (χ2n) is 12.2. The van der Waals surface area contributed by atoms with Crippen LogP contribution in [-0.2, 0) is 7.72 Å². The Morgan fingerprint density at radius 1 is 0.722 bits per heavy atom. The van der Waals surface area contributed by atoms with Crippen LogP contribution in [0.4, 0.5) is 0 Å². The van der Waals surface area contributed by atoms with E-state index in [0.29, 0.717) is 0 Å². The molecule has 0 aromatic carbocycles. The van der Waals surface area contributed by atoms with Crippen LogP contribution in [0.15, 0.2) is 0 Å². The van der Waals surface area contributed by atoms with Gasteiger partial charge in [-0.15, -0.1) is 0 Å². The summed E-state index contributed by atoms with van der Waals surface area (Å²) >= 11 is 0. The third-order valence-electron chi connectivity index (χ3n) is 16.1. The van der Waals surface area contributed by atoms with Gasteiger partial charge in [-0.3, -0.25) is 0 Å². The van der Waals surface area contributed by atoms with Gasteiger partial charge in [0.1, 0.15) is 0 Å². The number of fused-ring (bicyclic) bond motifs is 10. The molecule has 10 saturated heterocycles. The van der Waals surface area contributed by atoms with Gasteiger partial charge in [-0.2, -0.15) is 0 Å². The summed E-state index contributed by atoms with van der Waals surface area (Å²) in [6.45, 7) is 10.0. The molecule has 2 heteroatoms. The predicted octanol–water partition coefficient (Wildman–Crippen LogP) is 4.40. The first-order valence-corrected chi connectivity index (χ1v) is 18.2. The van der Waals surface area contributed by atoms with Crippen molar-refractivity contribution >= 4 is 0 Å². The maximum absolute atomic E-state index is 3.16. The molecule has 1 nitrogen and oxygen atoms in total. The third-order valence-corrected chi connectivity index (χ3v) is 82.5. The average molecular weight is 330 g/mol. The Hall–Kier alpha value is 0.583. The van der Waals surface area contributed by atoms with E-state index in [1.54, 1.807) is 0 Å². The van der Waals surface area contributed by atoms with E-state index >= 15 is 0 Å². The van der Waals surface area contributed by atoms with Crippen LogP contribution in [0, 0.1) is 0 Å². The molecule has 10 rings (SSSR count). The van der Waals surface area contributed by atoms with Crippen molar-refractivity contribution in [2.45, 2.75) is 84.5 Å². The van der Waals surface area contributed by atoms with Gasteiger partial charge < -0.3 is 0 Å². The predicted molar refractivity (Wildman–Crippen MR) is 68.6 cm³/mol. The van der Waals surface area contributed by atoms with Crippen LogP contribution in [0.25, 0.3) is 0 Å². The molecule has 10 aliphatic rings. The summed E-state index contributed by atoms with van der Waals surface area (Å²) in [5.41, 5.74) is 0. The molecular formula is C16H23NRu. The van der Waals surface area contributed by atoms with Gasteiger partial charge in [-0.1, -0.05) is 0 Å². The average Bonchev–Trinajstić information content (AvgIpc) is 3.23. The normalized spacial score (nSPS) is 114. The molecule has 0 aliphatic carbocycles. The molecule has 0 radical (unpaired) electrons. The minimum absolute atomic E-state index is 0.828. The van der Waals surface area contributed by atoms with Gasteiger partial charge in [-0.25, -0.2) is 0 Å². The standard InChI is InChI=1S/C11H18N.C5H5.Ru/c1-9(2)12(10(3)4)11-7-5-6-8-11;1-2-4-5-3-1;/h5-10H,1-4H3;1-5H;. The molecule has 10 heterocycles. The van der Waals surface area contributed by atoms with Gasteiger partial charge in [-0.05, 0) is 0 Å². The van der Waals surface area contributed by atoms with Crippen LogP contribution >= 0.6 is 0 Å². The maximum atomic E-state index is 3.16. The van der Waals surface area contributed by atoms with E-state index in [-0.39, 0.29) is 0 Å². The summed E-state index contributed by atoms with van der Waals surface area (Å²) in [4.78, 5) is 3.16. The Kier molecular flexibility index (Phi) is 0.264. The molecule has 0 saturated carbocycles. The Labute approximate surface area is 97.0 Å². The summed E-state index contributed by atoms with van der Waals surface area (Å²) < 4.78 is 14.4. The summed E-state index contributed by atoms with van der Waals surface area (Å²) in [6.07, 6.45) is 0.